The van der Waals surface area contributed by atoms with Crippen LogP contribution in [0.25, 0.3) is 0 Å². The molecule has 78 heavy (non-hydrogen) atoms. The van der Waals surface area contributed by atoms with Gasteiger partial charge in [-0.05, 0) is 87.3 Å². The molecule has 420 valence electrons. The van der Waals surface area contributed by atoms with Crippen LogP contribution >= 0.6 is 25.8 Å². The fourth-order valence-electron chi connectivity index (χ4n) is 5.69. The Bertz CT molecular complexity index is 2630. The maximum Gasteiger partial charge on any atom is 0.488 e. The zero-order valence-electron chi connectivity index (χ0n) is 44.0. The molecule has 0 atom stereocenters. The molecule has 5 aromatic rings. The highest BCUT2D eigenvalue weighted by atomic mass is 79.9. The molecule has 0 aliphatic carbocycles. The van der Waals surface area contributed by atoms with E-state index in [1.165, 1.54) is 24.5 Å². The van der Waals surface area contributed by atoms with Crippen molar-refractivity contribution in [3.8, 4) is 0 Å². The average Bonchev–Trinajstić information content (AvgIpc) is 3.41. The number of amides is 5. The molecule has 5 rings (SSSR count). The second-order valence-corrected chi connectivity index (χ2v) is 16.8. The quantitative estimate of drug-likeness (QED) is 0.00970. The molecule has 3 heterocycles. The van der Waals surface area contributed by atoms with Crippen LogP contribution in [0.1, 0.15) is 82.2 Å². The standard InChI is InChI=1S/C20H24BN3O4.C13H17N3O2.C7H8BBrO2.C7H14N2O.C6H5NO2.BrH.H2P/c1-15(2)19(25)22-10-5-11-23-20(26)16-8-12-24(13-9-16)14-17-6-3-4-7-18(17)21(27)28;1-10(2)12(17)15-6-3-7-16-13(18)11-4-8-14-9-5-11;9-5-6-3-1-2-4-7(6)8(10)11;1-6(2)7(10)9-5-3-4-8;8-6(9)5-1-3-7-4-2-5;;/h3-4,6-9,12-13,27-28H,1,5,10-11,14H2,2H3,(H-,22,23,25,26);4-5,8-9H,1,3,6-7H2,2H3,(H,15,17)(H,16,18);1-4,10-11H,5H2;1,3-5,8H2,2H3,(H,9,10);1-4H,(H,8,9);1H;1H2/q;;;;;;-1. The van der Waals surface area contributed by atoms with Gasteiger partial charge in [0.1, 0.15) is 0 Å². The van der Waals surface area contributed by atoms with E-state index in [0.29, 0.717) is 103 Å². The summed E-state index contributed by atoms with van der Waals surface area (Å²) in [6.45, 7) is 19.2. The van der Waals surface area contributed by atoms with Gasteiger partial charge in [-0.25, -0.2) is 9.36 Å². The number of hydrogen-bond donors (Lipinski definition) is 11. The van der Waals surface area contributed by atoms with E-state index in [1.54, 1.807) is 94.1 Å². The van der Waals surface area contributed by atoms with Crippen LogP contribution in [0.15, 0.2) is 159 Å². The van der Waals surface area contributed by atoms with Crippen molar-refractivity contribution in [3.63, 3.8) is 0 Å². The molecule has 0 bridgehead atoms. The van der Waals surface area contributed by atoms with Crippen LogP contribution < -0.4 is 64.8 Å². The maximum atomic E-state index is 12.2. The number of benzene rings is 2. The molecule has 5 amide bonds. The zero-order valence-corrected chi connectivity index (χ0v) is 48.4. The monoisotopic (exact) mass is 1220 g/mol. The predicted octanol–water partition coefficient (Wildman–Crippen LogP) is -1.19. The van der Waals surface area contributed by atoms with Gasteiger partial charge in [-0.3, -0.25) is 33.9 Å². The molecule has 0 aliphatic rings. The van der Waals surface area contributed by atoms with Crippen molar-refractivity contribution in [2.75, 3.05) is 39.3 Å². The average molecular weight is 1220 g/mol. The van der Waals surface area contributed by atoms with Gasteiger partial charge in [0.05, 0.1) is 11.1 Å². The van der Waals surface area contributed by atoms with Crippen LogP contribution in [-0.4, -0.2) is 124 Å². The van der Waals surface area contributed by atoms with Crippen LogP contribution in [0.3, 0.4) is 0 Å². The number of carboxylic acids is 1. The van der Waals surface area contributed by atoms with Gasteiger partial charge in [0.25, 0.3) is 11.8 Å². The Morgan fingerprint density at radius 3 is 1.24 bits per heavy atom. The first-order valence-corrected chi connectivity index (χ1v) is 24.9. The molecule has 25 heteroatoms. The van der Waals surface area contributed by atoms with E-state index >= 15 is 0 Å². The number of alkyl halides is 1. The van der Waals surface area contributed by atoms with Crippen molar-refractivity contribution in [2.45, 2.75) is 51.9 Å². The summed E-state index contributed by atoms with van der Waals surface area (Å²) in [7, 11) is -2.90. The minimum absolute atomic E-state index is 0. The lowest BCUT2D eigenvalue weighted by Crippen LogP contribution is -3.00. The first-order valence-electron chi connectivity index (χ1n) is 23.8. The van der Waals surface area contributed by atoms with E-state index in [4.69, 9.17) is 20.9 Å². The molecule has 12 N–H and O–H groups in total. The Labute approximate surface area is 479 Å². The lowest BCUT2D eigenvalue weighted by molar-refractivity contribution is -0.688. The van der Waals surface area contributed by atoms with Crippen LogP contribution in [0.5, 0.6) is 0 Å². The van der Waals surface area contributed by atoms with Crippen molar-refractivity contribution < 1.29 is 75.5 Å². The van der Waals surface area contributed by atoms with E-state index in [1.807, 2.05) is 28.8 Å². The molecular formula is C53H71B2Br2N9O11P-. The van der Waals surface area contributed by atoms with E-state index in [9.17, 15) is 38.8 Å². The minimum Gasteiger partial charge on any atom is -1.00 e. The second kappa shape index (κ2) is 43.3. The number of nitrogens with one attached hydrogen (secondary N) is 5. The first kappa shape index (κ1) is 73.3. The minimum atomic E-state index is -1.53. The lowest BCUT2D eigenvalue weighted by atomic mass is 9.77. The van der Waals surface area contributed by atoms with Gasteiger partial charge in [0, 0.05) is 103 Å². The largest absolute Gasteiger partial charge is 1.00 e. The van der Waals surface area contributed by atoms with E-state index in [0.717, 1.165) is 17.5 Å². The number of halogens is 2. The molecule has 0 saturated carbocycles. The highest BCUT2D eigenvalue weighted by Gasteiger charge is 2.18. The number of carboxylic acid groups (broad SMARTS) is 1. The Morgan fingerprint density at radius 1 is 0.551 bits per heavy atom. The third-order valence-electron chi connectivity index (χ3n) is 9.87. The maximum absolute atomic E-state index is 12.2. The summed E-state index contributed by atoms with van der Waals surface area (Å²) in [5.74, 6) is -1.68. The number of rotatable bonds is 22. The highest BCUT2D eigenvalue weighted by molar-refractivity contribution is 9.08. The lowest BCUT2D eigenvalue weighted by Gasteiger charge is -2.07. The Kier molecular flexibility index (Phi) is 40.7. The molecule has 0 saturated heterocycles. The number of aromatic nitrogens is 3. The van der Waals surface area contributed by atoms with Crippen LogP contribution in [0.2, 0.25) is 0 Å². The number of carbonyl (C=O) groups is 6. The summed E-state index contributed by atoms with van der Waals surface area (Å²) >= 11 is 3.25. The SMILES string of the molecule is C=C(C)C(=O)NCCCN.C=C(C)C(=O)NCCCNC(=O)c1cc[n+](Cc2ccccc2B(O)O)cc1.C=C(C)C(=O)NCCCNC(=O)c1ccncc1.O=C(O)c1ccncc1.OB(O)c1ccccc1CBr.[Br-].[PH2-]. The smallest absolute Gasteiger partial charge is 0.488 e. The summed E-state index contributed by atoms with van der Waals surface area (Å²) in [5.41, 5.74) is 10.8. The summed E-state index contributed by atoms with van der Waals surface area (Å²) in [5, 5.41) is 59.3. The number of pyridine rings is 3. The van der Waals surface area contributed by atoms with Gasteiger partial charge in [-0.1, -0.05) is 84.2 Å². The molecule has 0 unspecified atom stereocenters. The summed E-state index contributed by atoms with van der Waals surface area (Å²) in [6, 6.07) is 23.9. The first-order chi connectivity index (χ1) is 36.2. The van der Waals surface area contributed by atoms with E-state index in [-0.39, 0.29) is 62.0 Å². The summed E-state index contributed by atoms with van der Waals surface area (Å²) in [4.78, 5) is 74.7. The molecule has 0 spiro atoms. The van der Waals surface area contributed by atoms with E-state index in [2.05, 4.69) is 72.2 Å². The Hall–Kier alpha value is -6.75. The Morgan fingerprint density at radius 2 is 0.897 bits per heavy atom. The number of carbonyl (C=O) groups excluding carboxylic acids is 5. The Balaban J connectivity index is 0. The van der Waals surface area contributed by atoms with Crippen LogP contribution in [0.4, 0.5) is 0 Å². The van der Waals surface area contributed by atoms with Gasteiger partial charge in [0.2, 0.25) is 17.7 Å². The van der Waals surface area contributed by atoms with Crippen molar-refractivity contribution in [3.05, 3.63) is 186 Å². The fourth-order valence-corrected chi connectivity index (χ4v) is 6.20. The predicted molar refractivity (Wildman–Crippen MR) is 307 cm³/mol. The molecular weight excluding hydrogens is 1150 g/mol. The van der Waals surface area contributed by atoms with E-state index < -0.39 is 20.2 Å². The van der Waals surface area contributed by atoms with Crippen molar-refractivity contribution in [1.82, 2.24) is 36.6 Å². The molecule has 0 fully saturated rings. The number of hydrogen-bond acceptors (Lipinski definition) is 13. The summed E-state index contributed by atoms with van der Waals surface area (Å²) < 4.78 is 1.85. The molecule has 2 aromatic carbocycles. The normalized spacial score (nSPS) is 9.45. The second-order valence-electron chi connectivity index (χ2n) is 16.3. The van der Waals surface area contributed by atoms with Gasteiger partial charge < -0.3 is 84.4 Å². The van der Waals surface area contributed by atoms with Crippen LogP contribution in [-0.2, 0) is 26.3 Å². The van der Waals surface area contributed by atoms with Gasteiger partial charge in [-0.15, -0.1) is 0 Å². The summed E-state index contributed by atoms with van der Waals surface area (Å²) in [6.07, 6.45) is 11.7. The molecule has 3 aromatic heterocycles. The number of aromatic carboxylic acids is 1. The van der Waals surface area contributed by atoms with Crippen molar-refractivity contribution in [2.24, 2.45) is 5.73 Å². The topological polar surface area (TPSA) is 319 Å². The van der Waals surface area contributed by atoms with Crippen molar-refractivity contribution >= 4 is 86.5 Å². The number of nitrogens with two attached hydrogens (primary N) is 1. The highest BCUT2D eigenvalue weighted by Crippen LogP contribution is 2.03. The van der Waals surface area contributed by atoms with Crippen molar-refractivity contribution in [1.29, 1.82) is 0 Å². The molecule has 20 nitrogen and oxygen atoms in total. The molecule has 0 radical (unpaired) electrons. The molecule has 0 aliphatic heterocycles. The van der Waals surface area contributed by atoms with Gasteiger partial charge in [0.15, 0.2) is 18.9 Å². The fraction of sp³-hybridized carbons (Fsp3) is 0.264. The third kappa shape index (κ3) is 32.1. The van der Waals surface area contributed by atoms with Gasteiger partial charge in [-0.2, -0.15) is 0 Å². The third-order valence-corrected chi connectivity index (χ3v) is 10.5. The van der Waals surface area contributed by atoms with Crippen LogP contribution in [0, 0.1) is 0 Å². The zero-order chi connectivity index (χ0) is 56.8. The number of nitrogens with zero attached hydrogens (tertiary/aromatic N) is 3. The van der Waals surface area contributed by atoms with Gasteiger partial charge >= 0.3 is 20.2 Å².